The number of hydrogen-bond donors (Lipinski definition) is 1. The van der Waals surface area contributed by atoms with Crippen molar-refractivity contribution >= 4 is 11.6 Å². The van der Waals surface area contributed by atoms with Gasteiger partial charge in [0.25, 0.3) is 0 Å². The molecule has 1 aliphatic carbocycles. The lowest BCUT2D eigenvalue weighted by Crippen LogP contribution is -2.41. The van der Waals surface area contributed by atoms with Crippen LogP contribution in [0.1, 0.15) is 32.1 Å². The van der Waals surface area contributed by atoms with E-state index in [1.807, 2.05) is 66.5 Å². The van der Waals surface area contributed by atoms with Crippen molar-refractivity contribution in [2.24, 2.45) is 0 Å². The molecule has 0 atom stereocenters. The molecule has 1 amide bonds. The lowest BCUT2D eigenvalue weighted by molar-refractivity contribution is -0.130. The molecule has 0 aromatic heterocycles. The van der Waals surface area contributed by atoms with Crippen molar-refractivity contribution in [3.05, 3.63) is 54.6 Å². The van der Waals surface area contributed by atoms with Crippen molar-refractivity contribution < 1.29 is 14.3 Å². The Kier molecular flexibility index (Phi) is 7.59. The quantitative estimate of drug-likeness (QED) is 0.655. The largest absolute Gasteiger partial charge is 0.490 e. The number of benzene rings is 2. The number of amides is 1. The van der Waals surface area contributed by atoms with Crippen LogP contribution in [-0.2, 0) is 4.79 Å². The molecule has 0 radical (unpaired) electrons. The van der Waals surface area contributed by atoms with Gasteiger partial charge in [-0.15, -0.1) is 0 Å². The van der Waals surface area contributed by atoms with E-state index < -0.39 is 0 Å². The van der Waals surface area contributed by atoms with Crippen LogP contribution >= 0.6 is 0 Å². The van der Waals surface area contributed by atoms with Crippen molar-refractivity contribution in [2.45, 2.75) is 38.1 Å². The molecule has 0 heterocycles. The number of likely N-dealkylation sites (N-methyl/N-ethyl adjacent to an activating group) is 1. The molecule has 5 heteroatoms. The van der Waals surface area contributed by atoms with Gasteiger partial charge >= 0.3 is 0 Å². The van der Waals surface area contributed by atoms with Crippen LogP contribution in [0, 0.1) is 0 Å². The molecule has 5 nitrogen and oxygen atoms in total. The summed E-state index contributed by atoms with van der Waals surface area (Å²) in [6.07, 6.45) is 5.96. The van der Waals surface area contributed by atoms with Crippen molar-refractivity contribution in [3.8, 4) is 11.5 Å². The maximum Gasteiger partial charge on any atom is 0.241 e. The molecule has 2 aromatic rings. The van der Waals surface area contributed by atoms with Crippen LogP contribution in [0.5, 0.6) is 11.5 Å². The molecule has 1 fully saturated rings. The number of carbonyl (C=O) groups excluding carboxylic acids is 1. The second kappa shape index (κ2) is 10.6. The van der Waals surface area contributed by atoms with Crippen LogP contribution < -0.4 is 14.8 Å². The molecule has 1 aliphatic rings. The number of nitrogens with one attached hydrogen (secondary N) is 1. The maximum absolute atomic E-state index is 12.5. The van der Waals surface area contributed by atoms with Gasteiger partial charge in [0.15, 0.2) is 0 Å². The highest BCUT2D eigenvalue weighted by Gasteiger charge is 2.21. The average molecular weight is 383 g/mol. The minimum Gasteiger partial charge on any atom is -0.490 e. The summed E-state index contributed by atoms with van der Waals surface area (Å²) in [5, 5.41) is 3.23. The smallest absolute Gasteiger partial charge is 0.241 e. The van der Waals surface area contributed by atoms with Crippen molar-refractivity contribution in [1.82, 2.24) is 4.90 Å². The van der Waals surface area contributed by atoms with Gasteiger partial charge in [0, 0.05) is 13.1 Å². The maximum atomic E-state index is 12.5. The lowest BCUT2D eigenvalue weighted by atomic mass is 9.94. The molecule has 1 saturated carbocycles. The van der Waals surface area contributed by atoms with Gasteiger partial charge < -0.3 is 19.7 Å². The third-order valence-electron chi connectivity index (χ3n) is 5.19. The summed E-state index contributed by atoms with van der Waals surface area (Å²) in [6.45, 7) is 1.17. The van der Waals surface area contributed by atoms with E-state index in [2.05, 4.69) is 5.32 Å². The van der Waals surface area contributed by atoms with Gasteiger partial charge in [-0.3, -0.25) is 4.79 Å². The van der Waals surface area contributed by atoms with Crippen LogP contribution in [0.15, 0.2) is 54.6 Å². The van der Waals surface area contributed by atoms with E-state index >= 15 is 0 Å². The predicted molar refractivity (Wildman–Crippen MR) is 112 cm³/mol. The Hall–Kier alpha value is -2.69. The molecule has 150 valence electrons. The van der Waals surface area contributed by atoms with Crippen LogP contribution in [0.4, 0.5) is 5.69 Å². The molecule has 2 aromatic carbocycles. The molecule has 0 spiro atoms. The van der Waals surface area contributed by atoms with Crippen LogP contribution in [0.3, 0.4) is 0 Å². The first-order chi connectivity index (χ1) is 13.7. The zero-order valence-corrected chi connectivity index (χ0v) is 16.6. The van der Waals surface area contributed by atoms with E-state index in [0.29, 0.717) is 19.3 Å². The number of ether oxygens (including phenoxy) is 2. The number of rotatable bonds is 9. The Morgan fingerprint density at radius 1 is 0.964 bits per heavy atom. The fourth-order valence-electron chi connectivity index (χ4n) is 3.53. The Bertz CT molecular complexity index is 730. The van der Waals surface area contributed by atoms with Crippen molar-refractivity contribution in [1.29, 1.82) is 0 Å². The molecule has 3 rings (SSSR count). The SMILES string of the molecule is CN(C(=O)CNc1ccccc1OCCOc1ccccc1)C1CCCCC1. The monoisotopic (exact) mass is 382 g/mol. The van der Waals surface area contributed by atoms with Gasteiger partial charge in [-0.2, -0.15) is 0 Å². The van der Waals surface area contributed by atoms with E-state index in [1.54, 1.807) is 0 Å². The van der Waals surface area contributed by atoms with Gasteiger partial charge in [0.1, 0.15) is 24.7 Å². The summed E-state index contributed by atoms with van der Waals surface area (Å²) in [7, 11) is 1.92. The number of nitrogens with zero attached hydrogens (tertiary/aromatic N) is 1. The fourth-order valence-corrected chi connectivity index (χ4v) is 3.53. The zero-order valence-electron chi connectivity index (χ0n) is 16.6. The summed E-state index contributed by atoms with van der Waals surface area (Å²) in [5.41, 5.74) is 0.826. The van der Waals surface area contributed by atoms with Gasteiger partial charge in [-0.05, 0) is 37.1 Å². The van der Waals surface area contributed by atoms with E-state index in [0.717, 1.165) is 30.0 Å². The Morgan fingerprint density at radius 3 is 2.43 bits per heavy atom. The summed E-state index contributed by atoms with van der Waals surface area (Å²) in [6, 6.07) is 17.8. The van der Waals surface area contributed by atoms with E-state index in [9.17, 15) is 4.79 Å². The molecular weight excluding hydrogens is 352 g/mol. The number of hydrogen-bond acceptors (Lipinski definition) is 4. The van der Waals surface area contributed by atoms with E-state index in [-0.39, 0.29) is 12.5 Å². The van der Waals surface area contributed by atoms with Crippen LogP contribution in [0.2, 0.25) is 0 Å². The molecule has 0 saturated heterocycles. The molecular formula is C23H30N2O3. The van der Waals surface area contributed by atoms with Crippen molar-refractivity contribution in [2.75, 3.05) is 32.1 Å². The minimum absolute atomic E-state index is 0.120. The van der Waals surface area contributed by atoms with Crippen LogP contribution in [0.25, 0.3) is 0 Å². The summed E-state index contributed by atoms with van der Waals surface area (Å²) in [5.74, 6) is 1.68. The number of para-hydroxylation sites is 3. The first-order valence-electron chi connectivity index (χ1n) is 10.1. The first kappa shape index (κ1) is 20.1. The fraction of sp³-hybridized carbons (Fsp3) is 0.435. The van der Waals surface area contributed by atoms with E-state index in [1.165, 1.54) is 19.3 Å². The molecule has 0 aliphatic heterocycles. The molecule has 0 unspecified atom stereocenters. The third kappa shape index (κ3) is 5.91. The summed E-state index contributed by atoms with van der Waals surface area (Å²) in [4.78, 5) is 14.5. The van der Waals surface area contributed by atoms with Gasteiger partial charge in [-0.1, -0.05) is 49.6 Å². The lowest BCUT2D eigenvalue weighted by Gasteiger charge is -2.31. The zero-order chi connectivity index (χ0) is 19.6. The summed E-state index contributed by atoms with van der Waals surface area (Å²) >= 11 is 0. The van der Waals surface area contributed by atoms with E-state index in [4.69, 9.17) is 9.47 Å². The highest BCUT2D eigenvalue weighted by atomic mass is 16.5. The van der Waals surface area contributed by atoms with Gasteiger partial charge in [0.05, 0.1) is 12.2 Å². The normalized spacial score (nSPS) is 14.3. The second-order valence-corrected chi connectivity index (χ2v) is 7.16. The predicted octanol–water partition coefficient (Wildman–Crippen LogP) is 4.35. The molecule has 0 bridgehead atoms. The Balaban J connectivity index is 1.45. The average Bonchev–Trinajstić information content (AvgIpc) is 2.76. The third-order valence-corrected chi connectivity index (χ3v) is 5.19. The second-order valence-electron chi connectivity index (χ2n) is 7.16. The Morgan fingerprint density at radius 2 is 1.64 bits per heavy atom. The number of carbonyl (C=O) groups is 1. The van der Waals surface area contributed by atoms with Gasteiger partial charge in [-0.25, -0.2) is 0 Å². The first-order valence-corrected chi connectivity index (χ1v) is 10.1. The van der Waals surface area contributed by atoms with Gasteiger partial charge in [0.2, 0.25) is 5.91 Å². The topological polar surface area (TPSA) is 50.8 Å². The molecule has 28 heavy (non-hydrogen) atoms. The molecule has 1 N–H and O–H groups in total. The number of anilines is 1. The van der Waals surface area contributed by atoms with Crippen LogP contribution in [-0.4, -0.2) is 43.7 Å². The summed E-state index contributed by atoms with van der Waals surface area (Å²) < 4.78 is 11.5. The minimum atomic E-state index is 0.120. The van der Waals surface area contributed by atoms with Crippen molar-refractivity contribution in [3.63, 3.8) is 0 Å². The highest BCUT2D eigenvalue weighted by Crippen LogP contribution is 2.24. The Labute approximate surface area is 167 Å². The highest BCUT2D eigenvalue weighted by molar-refractivity contribution is 5.81. The standard InChI is InChI=1S/C23H30N2O3/c1-25(19-10-4-2-5-11-19)23(26)18-24-21-14-8-9-15-22(21)28-17-16-27-20-12-6-3-7-13-20/h3,6-9,12-15,19,24H,2,4-5,10-11,16-18H2,1H3.